The minimum atomic E-state index is -0.439. The van der Waals surface area contributed by atoms with Gasteiger partial charge in [0.25, 0.3) is 5.91 Å². The summed E-state index contributed by atoms with van der Waals surface area (Å²) in [6, 6.07) is 8.65. The van der Waals surface area contributed by atoms with Crippen LogP contribution in [0, 0.1) is 5.92 Å². The van der Waals surface area contributed by atoms with E-state index in [1.807, 2.05) is 13.0 Å². The number of anilines is 1. The summed E-state index contributed by atoms with van der Waals surface area (Å²) in [5.41, 5.74) is 0.662. The Labute approximate surface area is 129 Å². The molecule has 3 rings (SSSR count). The fourth-order valence-electron chi connectivity index (χ4n) is 2.66. The Kier molecular flexibility index (Phi) is 3.83. The highest BCUT2D eigenvalue weighted by Gasteiger charge is 2.38. The van der Waals surface area contributed by atoms with Crippen LogP contribution in [0.2, 0.25) is 0 Å². The van der Waals surface area contributed by atoms with Crippen LogP contribution >= 0.6 is 0 Å². The van der Waals surface area contributed by atoms with E-state index in [0.29, 0.717) is 11.6 Å². The van der Waals surface area contributed by atoms with Gasteiger partial charge < -0.3 is 5.32 Å². The van der Waals surface area contributed by atoms with Crippen LogP contribution in [0.3, 0.4) is 0 Å². The third-order valence-electron chi connectivity index (χ3n) is 4.14. The lowest BCUT2D eigenvalue weighted by atomic mass is 10.2. The summed E-state index contributed by atoms with van der Waals surface area (Å²) in [5, 5.41) is 2.86. The van der Waals surface area contributed by atoms with Gasteiger partial charge in [-0.25, -0.2) is 4.79 Å². The van der Waals surface area contributed by atoms with Crippen molar-refractivity contribution >= 4 is 23.5 Å². The highest BCUT2D eigenvalue weighted by atomic mass is 16.2. The molecule has 0 aromatic heterocycles. The molecule has 0 bridgehead atoms. The summed E-state index contributed by atoms with van der Waals surface area (Å²) in [5.74, 6) is -0.0890. The predicted molar refractivity (Wildman–Crippen MR) is 81.2 cm³/mol. The number of hydrogen-bond donors (Lipinski definition) is 1. The maximum Gasteiger partial charge on any atom is 0.332 e. The topological polar surface area (TPSA) is 69.7 Å². The molecule has 1 saturated heterocycles. The van der Waals surface area contributed by atoms with Crippen LogP contribution in [0.5, 0.6) is 0 Å². The van der Waals surface area contributed by atoms with E-state index in [-0.39, 0.29) is 30.9 Å². The van der Waals surface area contributed by atoms with Crippen LogP contribution < -0.4 is 10.2 Å². The maximum atomic E-state index is 12.3. The van der Waals surface area contributed by atoms with Crippen molar-refractivity contribution in [3.05, 3.63) is 30.3 Å². The third-order valence-corrected chi connectivity index (χ3v) is 4.14. The zero-order valence-corrected chi connectivity index (χ0v) is 12.5. The largest absolute Gasteiger partial charge is 0.352 e. The average molecular weight is 301 g/mol. The summed E-state index contributed by atoms with van der Waals surface area (Å²) in [6.07, 6.45) is 2.26. The van der Waals surface area contributed by atoms with E-state index in [2.05, 4.69) is 5.32 Å². The molecule has 1 aliphatic carbocycles. The van der Waals surface area contributed by atoms with Gasteiger partial charge in [0.05, 0.1) is 0 Å². The molecule has 0 radical (unpaired) electrons. The minimum Gasteiger partial charge on any atom is -0.352 e. The van der Waals surface area contributed by atoms with Crippen LogP contribution in [0.4, 0.5) is 10.5 Å². The molecule has 1 heterocycles. The number of para-hydroxylation sites is 1. The smallest absolute Gasteiger partial charge is 0.332 e. The van der Waals surface area contributed by atoms with E-state index in [1.165, 1.54) is 4.90 Å². The second kappa shape index (κ2) is 5.79. The lowest BCUT2D eigenvalue weighted by Gasteiger charge is -2.18. The molecule has 2 fully saturated rings. The van der Waals surface area contributed by atoms with Crippen LogP contribution in [0.15, 0.2) is 30.3 Å². The summed E-state index contributed by atoms with van der Waals surface area (Å²) in [7, 11) is 0. The number of imide groups is 1. The van der Waals surface area contributed by atoms with Crippen molar-refractivity contribution < 1.29 is 14.4 Å². The number of hydrogen-bond acceptors (Lipinski definition) is 3. The molecular weight excluding hydrogens is 282 g/mol. The Morgan fingerprint density at radius 2 is 1.95 bits per heavy atom. The SMILES string of the molecule is CC(NC(=O)CN1C(=O)CN(c2ccccc2)C1=O)C1CC1. The fraction of sp³-hybridized carbons (Fsp3) is 0.438. The zero-order chi connectivity index (χ0) is 15.7. The molecule has 4 amide bonds. The number of carbonyl (C=O) groups excluding carboxylic acids is 3. The van der Waals surface area contributed by atoms with Crippen molar-refractivity contribution in [1.82, 2.24) is 10.2 Å². The number of amides is 4. The van der Waals surface area contributed by atoms with Gasteiger partial charge in [0.2, 0.25) is 5.91 Å². The molecule has 22 heavy (non-hydrogen) atoms. The van der Waals surface area contributed by atoms with Gasteiger partial charge in [-0.3, -0.25) is 19.4 Å². The minimum absolute atomic E-state index is 0.0195. The molecule has 6 nitrogen and oxygen atoms in total. The lowest BCUT2D eigenvalue weighted by molar-refractivity contribution is -0.130. The molecule has 1 aromatic carbocycles. The third kappa shape index (κ3) is 2.95. The van der Waals surface area contributed by atoms with Gasteiger partial charge in [0.15, 0.2) is 0 Å². The number of carbonyl (C=O) groups is 3. The molecule has 6 heteroatoms. The monoisotopic (exact) mass is 301 g/mol. The van der Waals surface area contributed by atoms with E-state index < -0.39 is 6.03 Å². The summed E-state index contributed by atoms with van der Waals surface area (Å²) < 4.78 is 0. The zero-order valence-electron chi connectivity index (χ0n) is 12.5. The first-order valence-corrected chi connectivity index (χ1v) is 7.52. The quantitative estimate of drug-likeness (QED) is 0.835. The molecule has 2 aliphatic rings. The van der Waals surface area contributed by atoms with Crippen molar-refractivity contribution in [2.45, 2.75) is 25.8 Å². The molecule has 1 aromatic rings. The van der Waals surface area contributed by atoms with E-state index >= 15 is 0 Å². The summed E-state index contributed by atoms with van der Waals surface area (Å²) in [6.45, 7) is 1.73. The van der Waals surface area contributed by atoms with Gasteiger partial charge in [0.1, 0.15) is 13.1 Å². The highest BCUT2D eigenvalue weighted by Crippen LogP contribution is 2.32. The maximum absolute atomic E-state index is 12.3. The Bertz CT molecular complexity index is 598. The molecular formula is C16H19N3O3. The van der Waals surface area contributed by atoms with Crippen molar-refractivity contribution in [3.8, 4) is 0 Å². The first-order chi connectivity index (χ1) is 10.6. The average Bonchev–Trinajstić information content (AvgIpc) is 3.31. The molecule has 1 unspecified atom stereocenters. The van der Waals surface area contributed by atoms with Gasteiger partial charge in [-0.15, -0.1) is 0 Å². The predicted octanol–water partition coefficient (Wildman–Crippen LogP) is 1.37. The molecule has 1 atom stereocenters. The second-order valence-electron chi connectivity index (χ2n) is 5.88. The molecule has 1 saturated carbocycles. The standard InChI is InChI=1S/C16H19N3O3/c1-11(12-7-8-12)17-14(20)9-19-15(21)10-18(16(19)22)13-5-3-2-4-6-13/h2-6,11-12H,7-10H2,1H3,(H,17,20). The lowest BCUT2D eigenvalue weighted by Crippen LogP contribution is -2.44. The number of rotatable bonds is 5. The Balaban J connectivity index is 1.63. The van der Waals surface area contributed by atoms with Gasteiger partial charge in [0, 0.05) is 11.7 Å². The number of nitrogens with zero attached hydrogens (tertiary/aromatic N) is 2. The van der Waals surface area contributed by atoms with Gasteiger partial charge >= 0.3 is 6.03 Å². The Hall–Kier alpha value is -2.37. The second-order valence-corrected chi connectivity index (χ2v) is 5.88. The first-order valence-electron chi connectivity index (χ1n) is 7.52. The van der Waals surface area contributed by atoms with Crippen LogP contribution in [0.25, 0.3) is 0 Å². The van der Waals surface area contributed by atoms with Crippen LogP contribution in [0.1, 0.15) is 19.8 Å². The number of benzene rings is 1. The van der Waals surface area contributed by atoms with E-state index in [1.54, 1.807) is 24.3 Å². The van der Waals surface area contributed by atoms with Gasteiger partial charge in [-0.1, -0.05) is 18.2 Å². The highest BCUT2D eigenvalue weighted by molar-refractivity contribution is 6.13. The normalized spacial score (nSPS) is 19.5. The summed E-state index contributed by atoms with van der Waals surface area (Å²) >= 11 is 0. The Morgan fingerprint density at radius 3 is 2.59 bits per heavy atom. The number of urea groups is 1. The van der Waals surface area contributed by atoms with Crippen molar-refractivity contribution in [3.63, 3.8) is 0 Å². The van der Waals surface area contributed by atoms with Crippen LogP contribution in [-0.2, 0) is 9.59 Å². The molecule has 1 aliphatic heterocycles. The molecule has 116 valence electrons. The van der Waals surface area contributed by atoms with Gasteiger partial charge in [-0.05, 0) is 37.8 Å². The first kappa shape index (κ1) is 14.6. The van der Waals surface area contributed by atoms with Gasteiger partial charge in [-0.2, -0.15) is 0 Å². The van der Waals surface area contributed by atoms with Crippen molar-refractivity contribution in [1.29, 1.82) is 0 Å². The van der Waals surface area contributed by atoms with E-state index in [4.69, 9.17) is 0 Å². The van der Waals surface area contributed by atoms with E-state index in [0.717, 1.165) is 17.7 Å². The molecule has 0 spiro atoms. The summed E-state index contributed by atoms with van der Waals surface area (Å²) in [4.78, 5) is 38.8. The van der Waals surface area contributed by atoms with E-state index in [9.17, 15) is 14.4 Å². The van der Waals surface area contributed by atoms with Crippen molar-refractivity contribution in [2.75, 3.05) is 18.0 Å². The fourth-order valence-corrected chi connectivity index (χ4v) is 2.66. The Morgan fingerprint density at radius 1 is 1.27 bits per heavy atom. The van der Waals surface area contributed by atoms with Crippen molar-refractivity contribution in [2.24, 2.45) is 5.92 Å². The molecule has 1 N–H and O–H groups in total. The van der Waals surface area contributed by atoms with Crippen LogP contribution in [-0.4, -0.2) is 41.9 Å². The number of nitrogens with one attached hydrogen (secondary N) is 1.